The second-order valence-electron chi connectivity index (χ2n) is 9.26. The summed E-state index contributed by atoms with van der Waals surface area (Å²) in [6, 6.07) is 10.7. The summed E-state index contributed by atoms with van der Waals surface area (Å²) in [6.07, 6.45) is 1.41. The molecule has 0 radical (unpaired) electrons. The van der Waals surface area contributed by atoms with Crippen molar-refractivity contribution in [3.8, 4) is 17.2 Å². The average Bonchev–Trinajstić information content (AvgIpc) is 3.50. The summed E-state index contributed by atoms with van der Waals surface area (Å²) in [5.74, 6) is 0.739. The molecule has 3 aliphatic heterocycles. The van der Waals surface area contributed by atoms with Gasteiger partial charge in [-0.05, 0) is 29.3 Å². The summed E-state index contributed by atoms with van der Waals surface area (Å²) >= 11 is 0. The lowest BCUT2D eigenvalue weighted by molar-refractivity contribution is -0.187. The van der Waals surface area contributed by atoms with Crippen LogP contribution in [0, 0.1) is 0 Å². The Morgan fingerprint density at radius 2 is 1.64 bits per heavy atom. The van der Waals surface area contributed by atoms with Crippen molar-refractivity contribution in [1.29, 1.82) is 0 Å². The van der Waals surface area contributed by atoms with Crippen LogP contribution >= 0.6 is 0 Å². The van der Waals surface area contributed by atoms with E-state index in [2.05, 4.69) is 0 Å². The number of rotatable bonds is 7. The summed E-state index contributed by atoms with van der Waals surface area (Å²) in [7, 11) is 4.65. The van der Waals surface area contributed by atoms with Crippen LogP contribution in [-0.4, -0.2) is 75.0 Å². The van der Waals surface area contributed by atoms with E-state index in [0.717, 1.165) is 11.1 Å². The van der Waals surface area contributed by atoms with Crippen molar-refractivity contribution in [2.75, 3.05) is 47.6 Å². The molecule has 36 heavy (non-hydrogen) atoms. The molecule has 5 rings (SSSR count). The maximum Gasteiger partial charge on any atom is 0.255 e. The van der Waals surface area contributed by atoms with Crippen LogP contribution in [0.3, 0.4) is 0 Å². The highest BCUT2D eigenvalue weighted by molar-refractivity contribution is 5.99. The van der Waals surface area contributed by atoms with E-state index in [1.54, 1.807) is 26.2 Å². The smallest absolute Gasteiger partial charge is 0.255 e. The van der Waals surface area contributed by atoms with Gasteiger partial charge in [-0.25, -0.2) is 0 Å². The molecule has 0 aromatic heterocycles. The first-order chi connectivity index (χ1) is 17.5. The highest BCUT2D eigenvalue weighted by atomic mass is 16.7. The zero-order valence-corrected chi connectivity index (χ0v) is 21.0. The first kappa shape index (κ1) is 24.4. The molecule has 0 bridgehead atoms. The second-order valence-corrected chi connectivity index (χ2v) is 9.26. The van der Waals surface area contributed by atoms with Crippen LogP contribution in [0.25, 0.3) is 0 Å². The molecule has 0 unspecified atom stereocenters. The molecule has 1 spiro atoms. The topological polar surface area (TPSA) is 86.8 Å². The lowest BCUT2D eigenvalue weighted by Crippen LogP contribution is -2.48. The van der Waals surface area contributed by atoms with Crippen molar-refractivity contribution in [3.05, 3.63) is 53.1 Å². The molecule has 2 aromatic rings. The molecule has 192 valence electrons. The lowest BCUT2D eigenvalue weighted by atomic mass is 9.98. The highest BCUT2D eigenvalue weighted by Gasteiger charge is 2.42. The Balaban J connectivity index is 1.44. The monoisotopic (exact) mass is 496 g/mol. The number of amides is 2. The van der Waals surface area contributed by atoms with Crippen LogP contribution in [0.1, 0.15) is 46.8 Å². The number of nitrogens with zero attached hydrogens (tertiary/aromatic N) is 2. The molecule has 0 saturated carbocycles. The SMILES string of the molecule is COc1cc([C@H](CC(=O)N2CCC3(CC2)OCCO3)N2Cc3ccccc3C2=O)cc(OC)c1OC. The number of carbonyl (C=O) groups is 2. The van der Waals surface area contributed by atoms with E-state index in [9.17, 15) is 9.59 Å². The first-order valence-corrected chi connectivity index (χ1v) is 12.2. The molecular formula is C27H32N2O7. The first-order valence-electron chi connectivity index (χ1n) is 12.2. The molecule has 3 heterocycles. The highest BCUT2D eigenvalue weighted by Crippen LogP contribution is 2.43. The van der Waals surface area contributed by atoms with E-state index < -0.39 is 11.8 Å². The van der Waals surface area contributed by atoms with Gasteiger partial charge in [0.1, 0.15) is 0 Å². The molecule has 2 saturated heterocycles. The van der Waals surface area contributed by atoms with E-state index in [1.807, 2.05) is 41.3 Å². The van der Waals surface area contributed by atoms with Gasteiger partial charge in [-0.3, -0.25) is 9.59 Å². The maximum atomic E-state index is 13.6. The minimum Gasteiger partial charge on any atom is -0.493 e. The molecule has 3 aliphatic rings. The molecule has 9 nitrogen and oxygen atoms in total. The van der Waals surface area contributed by atoms with Crippen molar-refractivity contribution in [2.45, 2.75) is 37.6 Å². The minimum absolute atomic E-state index is 0.0228. The van der Waals surface area contributed by atoms with E-state index in [4.69, 9.17) is 23.7 Å². The van der Waals surface area contributed by atoms with Crippen LogP contribution in [0.5, 0.6) is 17.2 Å². The molecule has 2 aromatic carbocycles. The summed E-state index contributed by atoms with van der Waals surface area (Å²) in [6.45, 7) is 2.71. The Morgan fingerprint density at radius 1 is 1.00 bits per heavy atom. The fourth-order valence-corrected chi connectivity index (χ4v) is 5.41. The van der Waals surface area contributed by atoms with Crippen LogP contribution in [0.15, 0.2) is 36.4 Å². The Morgan fingerprint density at radius 3 is 2.22 bits per heavy atom. The number of piperidine rings is 1. The normalized spacial score (nSPS) is 19.4. The van der Waals surface area contributed by atoms with Gasteiger partial charge in [0.25, 0.3) is 5.91 Å². The summed E-state index contributed by atoms with van der Waals surface area (Å²) in [4.78, 5) is 30.6. The Bertz CT molecular complexity index is 1110. The van der Waals surface area contributed by atoms with Gasteiger partial charge in [-0.1, -0.05) is 18.2 Å². The molecule has 9 heteroatoms. The van der Waals surface area contributed by atoms with Crippen LogP contribution in [0.4, 0.5) is 0 Å². The largest absolute Gasteiger partial charge is 0.493 e. The molecule has 0 aliphatic carbocycles. The molecule has 2 amide bonds. The van der Waals surface area contributed by atoms with Gasteiger partial charge >= 0.3 is 0 Å². The van der Waals surface area contributed by atoms with Gasteiger partial charge in [0.2, 0.25) is 11.7 Å². The Hall–Kier alpha value is -3.30. The van der Waals surface area contributed by atoms with Gasteiger partial charge in [0.05, 0.1) is 47.0 Å². The molecule has 0 N–H and O–H groups in total. The van der Waals surface area contributed by atoms with Crippen molar-refractivity contribution < 1.29 is 33.3 Å². The number of likely N-dealkylation sites (tertiary alicyclic amines) is 1. The number of carbonyl (C=O) groups excluding carboxylic acids is 2. The number of hydrogen-bond acceptors (Lipinski definition) is 7. The second kappa shape index (κ2) is 9.99. The van der Waals surface area contributed by atoms with Gasteiger partial charge < -0.3 is 33.5 Å². The maximum absolute atomic E-state index is 13.6. The zero-order chi connectivity index (χ0) is 25.3. The van der Waals surface area contributed by atoms with Gasteiger partial charge in [0, 0.05) is 38.0 Å². The van der Waals surface area contributed by atoms with Gasteiger partial charge in [-0.2, -0.15) is 0 Å². The van der Waals surface area contributed by atoms with Gasteiger partial charge in [-0.15, -0.1) is 0 Å². The number of hydrogen-bond donors (Lipinski definition) is 0. The summed E-state index contributed by atoms with van der Waals surface area (Å²) in [5.41, 5.74) is 2.36. The van der Waals surface area contributed by atoms with E-state index >= 15 is 0 Å². The molecule has 1 atom stereocenters. The van der Waals surface area contributed by atoms with E-state index in [1.165, 1.54) is 0 Å². The van der Waals surface area contributed by atoms with Crippen molar-refractivity contribution in [1.82, 2.24) is 9.80 Å². The predicted molar refractivity (Wildman–Crippen MR) is 130 cm³/mol. The lowest BCUT2D eigenvalue weighted by Gasteiger charge is -2.38. The fourth-order valence-electron chi connectivity index (χ4n) is 5.41. The predicted octanol–water partition coefficient (Wildman–Crippen LogP) is 3.17. The average molecular weight is 497 g/mol. The number of fused-ring (bicyclic) bond motifs is 1. The van der Waals surface area contributed by atoms with Crippen molar-refractivity contribution >= 4 is 11.8 Å². The van der Waals surface area contributed by atoms with Crippen LogP contribution < -0.4 is 14.2 Å². The third-order valence-electron chi connectivity index (χ3n) is 7.36. The number of ether oxygens (including phenoxy) is 5. The summed E-state index contributed by atoms with van der Waals surface area (Å²) in [5, 5.41) is 0. The van der Waals surface area contributed by atoms with Crippen molar-refractivity contribution in [2.24, 2.45) is 0 Å². The quantitative estimate of drug-likeness (QED) is 0.582. The standard InChI is InChI=1S/C27H32N2O7/c1-32-22-14-19(15-23(33-2)25(22)34-3)21(29-17-18-6-4-5-7-20(18)26(29)31)16-24(30)28-10-8-27(9-11-28)35-12-13-36-27/h4-7,14-15,21H,8-13,16-17H2,1-3H3/t21-/m0/s1. The van der Waals surface area contributed by atoms with Crippen molar-refractivity contribution in [3.63, 3.8) is 0 Å². The van der Waals surface area contributed by atoms with E-state index in [0.29, 0.717) is 68.5 Å². The number of methoxy groups -OCH3 is 3. The summed E-state index contributed by atoms with van der Waals surface area (Å²) < 4.78 is 28.2. The third kappa shape index (κ3) is 4.37. The van der Waals surface area contributed by atoms with E-state index in [-0.39, 0.29) is 18.2 Å². The van der Waals surface area contributed by atoms with Crippen LogP contribution in [0.2, 0.25) is 0 Å². The number of benzene rings is 2. The Labute approximate surface area is 210 Å². The Kier molecular flexibility index (Phi) is 6.77. The van der Waals surface area contributed by atoms with Crippen LogP contribution in [-0.2, 0) is 20.8 Å². The fraction of sp³-hybridized carbons (Fsp3) is 0.481. The minimum atomic E-state index is -0.556. The zero-order valence-electron chi connectivity index (χ0n) is 21.0. The van der Waals surface area contributed by atoms with Gasteiger partial charge in [0.15, 0.2) is 17.3 Å². The molecule has 2 fully saturated rings. The molecular weight excluding hydrogens is 464 g/mol. The third-order valence-corrected chi connectivity index (χ3v) is 7.36.